The lowest BCUT2D eigenvalue weighted by Gasteiger charge is -2.40. The van der Waals surface area contributed by atoms with E-state index in [1.165, 1.54) is 6.92 Å². The summed E-state index contributed by atoms with van der Waals surface area (Å²) in [4.78, 5) is 40.1. The molecule has 170 valence electrons. The second kappa shape index (κ2) is 10.1. The number of anilines is 2. The van der Waals surface area contributed by atoms with Gasteiger partial charge in [0, 0.05) is 35.9 Å². The lowest BCUT2D eigenvalue weighted by molar-refractivity contribution is -0.117. The van der Waals surface area contributed by atoms with Crippen molar-refractivity contribution in [3.63, 3.8) is 0 Å². The number of likely N-dealkylation sites (tertiary alicyclic amines) is 1. The fourth-order valence-corrected chi connectivity index (χ4v) is 4.25. The van der Waals surface area contributed by atoms with E-state index in [1.807, 2.05) is 19.1 Å². The van der Waals surface area contributed by atoms with Crippen LogP contribution in [0.15, 0.2) is 42.5 Å². The molecule has 0 unspecified atom stereocenters. The number of nitrogens with zero attached hydrogens (tertiary/aromatic N) is 2. The number of fused-ring (bicyclic) bond motifs is 1. The summed E-state index contributed by atoms with van der Waals surface area (Å²) in [5.41, 5.74) is 4.42. The first-order valence-electron chi connectivity index (χ1n) is 10.6. The minimum absolute atomic E-state index is 0. The molecular weight excluding hydrogens is 430 g/mol. The van der Waals surface area contributed by atoms with Gasteiger partial charge in [0.05, 0.1) is 12.2 Å². The number of carbonyl (C=O) groups is 3. The lowest BCUT2D eigenvalue weighted by Crippen LogP contribution is -2.50. The number of halogens is 1. The number of ether oxygens (including phenoxy) is 1. The highest BCUT2D eigenvalue weighted by atomic mass is 35.5. The number of rotatable bonds is 5. The van der Waals surface area contributed by atoms with Crippen molar-refractivity contribution in [1.82, 2.24) is 4.90 Å². The lowest BCUT2D eigenvalue weighted by atomic mass is 10.00. The molecule has 0 aliphatic carbocycles. The van der Waals surface area contributed by atoms with Gasteiger partial charge in [-0.3, -0.25) is 19.4 Å². The fourth-order valence-electron chi connectivity index (χ4n) is 4.25. The Kier molecular flexibility index (Phi) is 7.53. The standard InChI is InChI=1S/C24H27N3O4.ClH/c1-16-3-8-22-19(13-16)15-31-24(30)27(22)21-9-11-26(12-10-21)14-23(29)25-20-6-4-18(5-7-20)17(2)28;/h3-8,13,21H,9-12,14-15H2,1-2H3,(H,25,29);1H. The Balaban J connectivity index is 0.00000289. The van der Waals surface area contributed by atoms with Gasteiger partial charge in [0.15, 0.2) is 5.78 Å². The number of cyclic esters (lactones) is 1. The molecule has 7 nitrogen and oxygen atoms in total. The predicted octanol–water partition coefficient (Wildman–Crippen LogP) is 4.18. The number of carbonyl (C=O) groups excluding carboxylic acids is 3. The van der Waals surface area contributed by atoms with E-state index in [9.17, 15) is 14.4 Å². The van der Waals surface area contributed by atoms with Crippen molar-refractivity contribution in [1.29, 1.82) is 0 Å². The third-order valence-corrected chi connectivity index (χ3v) is 5.91. The number of benzene rings is 2. The Labute approximate surface area is 194 Å². The molecule has 32 heavy (non-hydrogen) atoms. The summed E-state index contributed by atoms with van der Waals surface area (Å²) in [6, 6.07) is 13.0. The first-order valence-corrected chi connectivity index (χ1v) is 10.6. The molecule has 4 rings (SSSR count). The molecule has 2 aromatic rings. The van der Waals surface area contributed by atoms with Crippen LogP contribution in [-0.2, 0) is 16.1 Å². The Hall–Kier alpha value is -2.90. The van der Waals surface area contributed by atoms with Crippen molar-refractivity contribution in [2.75, 3.05) is 29.9 Å². The van der Waals surface area contributed by atoms with Crippen LogP contribution < -0.4 is 10.2 Å². The van der Waals surface area contributed by atoms with Crippen molar-refractivity contribution in [2.24, 2.45) is 0 Å². The van der Waals surface area contributed by atoms with E-state index >= 15 is 0 Å². The maximum Gasteiger partial charge on any atom is 0.414 e. The highest BCUT2D eigenvalue weighted by Gasteiger charge is 2.34. The van der Waals surface area contributed by atoms with E-state index < -0.39 is 0 Å². The van der Waals surface area contributed by atoms with E-state index in [0.717, 1.165) is 42.7 Å². The third kappa shape index (κ3) is 5.29. The maximum atomic E-state index is 12.5. The predicted molar refractivity (Wildman–Crippen MR) is 126 cm³/mol. The minimum Gasteiger partial charge on any atom is -0.444 e. The Morgan fingerprint density at radius 1 is 1.09 bits per heavy atom. The van der Waals surface area contributed by atoms with Gasteiger partial charge in [0.2, 0.25) is 5.91 Å². The van der Waals surface area contributed by atoms with Gasteiger partial charge in [-0.15, -0.1) is 12.4 Å². The third-order valence-electron chi connectivity index (χ3n) is 5.91. The van der Waals surface area contributed by atoms with Gasteiger partial charge in [-0.25, -0.2) is 4.79 Å². The van der Waals surface area contributed by atoms with E-state index in [2.05, 4.69) is 16.3 Å². The summed E-state index contributed by atoms with van der Waals surface area (Å²) in [5, 5.41) is 2.88. The topological polar surface area (TPSA) is 79.0 Å². The van der Waals surface area contributed by atoms with E-state index in [0.29, 0.717) is 24.4 Å². The number of aryl methyl sites for hydroxylation is 1. The molecule has 2 aliphatic heterocycles. The van der Waals surface area contributed by atoms with Crippen LogP contribution in [0.2, 0.25) is 0 Å². The maximum absolute atomic E-state index is 12.5. The number of ketones is 1. The molecule has 1 saturated heterocycles. The van der Waals surface area contributed by atoms with Crippen LogP contribution in [0.4, 0.5) is 16.2 Å². The van der Waals surface area contributed by atoms with Crippen LogP contribution in [0.5, 0.6) is 0 Å². The summed E-state index contributed by atoms with van der Waals surface area (Å²) >= 11 is 0. The number of Topliss-reactive ketones (excluding diaryl/α,β-unsaturated/α-hetero) is 1. The largest absolute Gasteiger partial charge is 0.444 e. The highest BCUT2D eigenvalue weighted by molar-refractivity contribution is 5.96. The summed E-state index contributed by atoms with van der Waals surface area (Å²) in [7, 11) is 0. The Morgan fingerprint density at radius 3 is 2.44 bits per heavy atom. The van der Waals surface area contributed by atoms with Gasteiger partial charge >= 0.3 is 6.09 Å². The van der Waals surface area contributed by atoms with Crippen LogP contribution in [0, 0.1) is 6.92 Å². The molecule has 2 aromatic carbocycles. The van der Waals surface area contributed by atoms with E-state index in [1.54, 1.807) is 29.2 Å². The first-order chi connectivity index (χ1) is 14.9. The molecule has 1 N–H and O–H groups in total. The van der Waals surface area contributed by atoms with Gasteiger partial charge in [-0.1, -0.05) is 17.7 Å². The average molecular weight is 458 g/mol. The molecule has 0 saturated carbocycles. The molecule has 2 amide bonds. The molecule has 0 atom stereocenters. The molecule has 0 bridgehead atoms. The van der Waals surface area contributed by atoms with E-state index in [4.69, 9.17) is 4.74 Å². The smallest absolute Gasteiger partial charge is 0.414 e. The number of amides is 2. The van der Waals surface area contributed by atoms with Gasteiger partial charge < -0.3 is 10.1 Å². The molecule has 0 radical (unpaired) electrons. The summed E-state index contributed by atoms with van der Waals surface area (Å²) in [6.45, 7) is 5.61. The quantitative estimate of drug-likeness (QED) is 0.681. The average Bonchev–Trinajstić information content (AvgIpc) is 2.75. The monoisotopic (exact) mass is 457 g/mol. The van der Waals surface area contributed by atoms with Gasteiger partial charge in [-0.05, 0) is 57.0 Å². The second-order valence-corrected chi connectivity index (χ2v) is 8.25. The van der Waals surface area contributed by atoms with Crippen molar-refractivity contribution in [3.05, 3.63) is 59.2 Å². The SMILES string of the molecule is CC(=O)c1ccc(NC(=O)CN2CCC(N3C(=O)OCc4cc(C)ccc43)CC2)cc1.Cl. The Bertz CT molecular complexity index is 1000. The van der Waals surface area contributed by atoms with Crippen molar-refractivity contribution in [2.45, 2.75) is 39.3 Å². The second-order valence-electron chi connectivity index (χ2n) is 8.25. The first kappa shape index (κ1) is 23.8. The molecular formula is C24H28ClN3O4. The molecule has 0 aromatic heterocycles. The number of hydrogen-bond acceptors (Lipinski definition) is 5. The molecule has 0 spiro atoms. The van der Waals surface area contributed by atoms with Crippen LogP contribution in [0.25, 0.3) is 0 Å². The zero-order chi connectivity index (χ0) is 22.0. The van der Waals surface area contributed by atoms with Crippen LogP contribution in [0.1, 0.15) is 41.3 Å². The van der Waals surface area contributed by atoms with Crippen molar-refractivity contribution < 1.29 is 19.1 Å². The van der Waals surface area contributed by atoms with Crippen LogP contribution in [-0.4, -0.2) is 48.4 Å². The summed E-state index contributed by atoms with van der Waals surface area (Å²) in [5.74, 6) is -0.0941. The molecule has 2 heterocycles. The van der Waals surface area contributed by atoms with Gasteiger partial charge in [0.25, 0.3) is 0 Å². The molecule has 2 aliphatic rings. The van der Waals surface area contributed by atoms with Crippen molar-refractivity contribution >= 4 is 41.6 Å². The Morgan fingerprint density at radius 2 is 1.78 bits per heavy atom. The van der Waals surface area contributed by atoms with Gasteiger partial charge in [-0.2, -0.15) is 0 Å². The van der Waals surface area contributed by atoms with Gasteiger partial charge in [0.1, 0.15) is 6.61 Å². The molecule has 1 fully saturated rings. The fraction of sp³-hybridized carbons (Fsp3) is 0.375. The van der Waals surface area contributed by atoms with Crippen LogP contribution in [0.3, 0.4) is 0 Å². The summed E-state index contributed by atoms with van der Waals surface area (Å²) < 4.78 is 5.39. The van der Waals surface area contributed by atoms with Crippen molar-refractivity contribution in [3.8, 4) is 0 Å². The molecule has 8 heteroatoms. The zero-order valence-electron chi connectivity index (χ0n) is 18.3. The number of nitrogens with one attached hydrogen (secondary N) is 1. The summed E-state index contributed by atoms with van der Waals surface area (Å²) in [6.07, 6.45) is 1.27. The number of piperidine rings is 1. The number of hydrogen-bond donors (Lipinski definition) is 1. The van der Waals surface area contributed by atoms with E-state index in [-0.39, 0.29) is 36.2 Å². The zero-order valence-corrected chi connectivity index (χ0v) is 19.1. The van der Waals surface area contributed by atoms with Crippen LogP contribution >= 0.6 is 12.4 Å². The normalized spacial score (nSPS) is 16.6. The minimum atomic E-state index is -0.290. The highest BCUT2D eigenvalue weighted by Crippen LogP contribution is 2.32.